The Morgan fingerprint density at radius 2 is 1.76 bits per heavy atom. The second-order valence-corrected chi connectivity index (χ2v) is 6.13. The number of aryl methyl sites for hydroxylation is 1. The van der Waals surface area contributed by atoms with Gasteiger partial charge in [0.1, 0.15) is 5.69 Å². The number of amides is 1. The van der Waals surface area contributed by atoms with Crippen LogP contribution in [-0.2, 0) is 16.6 Å². The van der Waals surface area contributed by atoms with Gasteiger partial charge in [-0.15, -0.1) is 0 Å². The van der Waals surface area contributed by atoms with Gasteiger partial charge in [-0.2, -0.15) is 5.10 Å². The molecule has 1 N–H and O–H groups in total. The molecule has 3 rings (SSSR count). The van der Waals surface area contributed by atoms with Gasteiger partial charge in [-0.1, -0.05) is 30.3 Å². The molecule has 1 aromatic heterocycles. The fourth-order valence-corrected chi connectivity index (χ4v) is 2.69. The molecule has 0 spiro atoms. The highest BCUT2D eigenvalue weighted by Gasteiger charge is 2.24. The van der Waals surface area contributed by atoms with Crippen LogP contribution in [0.15, 0.2) is 53.3 Å². The highest BCUT2D eigenvalue weighted by molar-refractivity contribution is 6.04. The number of esters is 1. The quantitative estimate of drug-likeness (QED) is 0.396. The maximum absolute atomic E-state index is 12.6. The van der Waals surface area contributed by atoms with E-state index in [9.17, 15) is 24.5 Å². The smallest absolute Gasteiger partial charge is 0.360 e. The van der Waals surface area contributed by atoms with Gasteiger partial charge in [-0.25, -0.2) is 9.48 Å². The van der Waals surface area contributed by atoms with Crippen LogP contribution in [0.25, 0.3) is 10.8 Å². The number of para-hydroxylation sites is 2. The Balaban J connectivity index is 1.82. The Morgan fingerprint density at radius 3 is 2.45 bits per heavy atom. The molecule has 0 saturated heterocycles. The summed E-state index contributed by atoms with van der Waals surface area (Å²) in [6.07, 6.45) is -1.26. The first-order valence-corrected chi connectivity index (χ1v) is 8.51. The summed E-state index contributed by atoms with van der Waals surface area (Å²) < 4.78 is 6.19. The van der Waals surface area contributed by atoms with Crippen molar-refractivity contribution in [2.24, 2.45) is 7.05 Å². The number of ether oxygens (including phenoxy) is 1. The minimum absolute atomic E-state index is 0.0175. The molecule has 10 heteroatoms. The number of hydrogen-bond acceptors (Lipinski definition) is 7. The van der Waals surface area contributed by atoms with Crippen LogP contribution >= 0.6 is 0 Å². The fourth-order valence-electron chi connectivity index (χ4n) is 2.69. The summed E-state index contributed by atoms with van der Waals surface area (Å²) in [5.41, 5.74) is -0.798. The molecule has 29 heavy (non-hydrogen) atoms. The summed E-state index contributed by atoms with van der Waals surface area (Å²) in [4.78, 5) is 47.5. The predicted octanol–water partition coefficient (Wildman–Crippen LogP) is 2.03. The largest absolute Gasteiger partial charge is 0.448 e. The number of benzene rings is 2. The van der Waals surface area contributed by atoms with E-state index >= 15 is 0 Å². The molecule has 0 unspecified atom stereocenters. The van der Waals surface area contributed by atoms with Crippen LogP contribution in [0.5, 0.6) is 0 Å². The molecule has 148 valence electrons. The Hall–Kier alpha value is -4.08. The topological polar surface area (TPSA) is 133 Å². The highest BCUT2D eigenvalue weighted by atomic mass is 16.6. The van der Waals surface area contributed by atoms with Gasteiger partial charge < -0.3 is 10.1 Å². The first-order chi connectivity index (χ1) is 13.8. The molecule has 0 fully saturated rings. The lowest BCUT2D eigenvalue weighted by Gasteiger charge is -2.14. The fraction of sp³-hybridized carbons (Fsp3) is 0.158. The Kier molecular flexibility index (Phi) is 5.35. The maximum atomic E-state index is 12.6. The molecule has 0 saturated carbocycles. The lowest BCUT2D eigenvalue weighted by molar-refractivity contribution is -0.383. The van der Waals surface area contributed by atoms with E-state index in [-0.39, 0.29) is 28.0 Å². The van der Waals surface area contributed by atoms with Gasteiger partial charge in [0.25, 0.3) is 17.2 Å². The third-order valence-corrected chi connectivity index (χ3v) is 4.16. The van der Waals surface area contributed by atoms with Crippen molar-refractivity contribution >= 4 is 34.0 Å². The summed E-state index contributed by atoms with van der Waals surface area (Å²) in [5, 5.41) is 18.0. The molecule has 0 aliphatic heterocycles. The molecule has 3 aromatic rings. The Labute approximate surface area is 163 Å². The molecular weight excluding hydrogens is 380 g/mol. The Bertz CT molecular complexity index is 1190. The normalized spacial score (nSPS) is 11.7. The van der Waals surface area contributed by atoms with Crippen molar-refractivity contribution in [2.75, 3.05) is 5.32 Å². The number of anilines is 1. The zero-order chi connectivity index (χ0) is 21.1. The van der Waals surface area contributed by atoms with Crippen molar-refractivity contribution in [1.82, 2.24) is 9.78 Å². The van der Waals surface area contributed by atoms with Crippen molar-refractivity contribution in [1.29, 1.82) is 0 Å². The van der Waals surface area contributed by atoms with Crippen molar-refractivity contribution in [3.05, 3.63) is 74.7 Å². The summed E-state index contributed by atoms with van der Waals surface area (Å²) in [6, 6.07) is 12.0. The number of rotatable bonds is 5. The van der Waals surface area contributed by atoms with Gasteiger partial charge in [0.05, 0.1) is 10.3 Å². The minimum Gasteiger partial charge on any atom is -0.448 e. The molecule has 1 heterocycles. The molecule has 10 nitrogen and oxygen atoms in total. The number of nitro benzene ring substituents is 1. The number of carbonyl (C=O) groups excluding carboxylic acids is 2. The second kappa shape index (κ2) is 7.89. The van der Waals surface area contributed by atoms with Crippen LogP contribution in [0.4, 0.5) is 11.4 Å². The monoisotopic (exact) mass is 396 g/mol. The van der Waals surface area contributed by atoms with Crippen LogP contribution in [0.1, 0.15) is 17.4 Å². The van der Waals surface area contributed by atoms with Crippen molar-refractivity contribution in [3.8, 4) is 0 Å². The van der Waals surface area contributed by atoms with Gasteiger partial charge in [0, 0.05) is 18.5 Å². The lowest BCUT2D eigenvalue weighted by Crippen LogP contribution is -2.31. The first-order valence-electron chi connectivity index (χ1n) is 8.51. The van der Waals surface area contributed by atoms with Crippen molar-refractivity contribution < 1.29 is 19.2 Å². The first kappa shape index (κ1) is 19.7. The number of nitrogens with one attached hydrogen (secondary N) is 1. The third kappa shape index (κ3) is 3.95. The van der Waals surface area contributed by atoms with E-state index in [1.165, 1.54) is 38.2 Å². The predicted molar refractivity (Wildman–Crippen MR) is 104 cm³/mol. The van der Waals surface area contributed by atoms with Crippen LogP contribution < -0.4 is 10.9 Å². The van der Waals surface area contributed by atoms with Crippen LogP contribution in [0.2, 0.25) is 0 Å². The molecule has 0 aliphatic rings. The maximum Gasteiger partial charge on any atom is 0.360 e. The Morgan fingerprint density at radius 1 is 1.14 bits per heavy atom. The van der Waals surface area contributed by atoms with Crippen LogP contribution in [-0.4, -0.2) is 32.7 Å². The lowest BCUT2D eigenvalue weighted by atomic mass is 10.1. The second-order valence-electron chi connectivity index (χ2n) is 6.13. The minimum atomic E-state index is -1.26. The summed E-state index contributed by atoms with van der Waals surface area (Å²) in [6.45, 7) is 1.33. The third-order valence-electron chi connectivity index (χ3n) is 4.16. The van der Waals surface area contributed by atoms with Crippen LogP contribution in [0, 0.1) is 10.1 Å². The zero-order valence-electron chi connectivity index (χ0n) is 15.5. The van der Waals surface area contributed by atoms with E-state index in [0.29, 0.717) is 5.39 Å². The van der Waals surface area contributed by atoms with Crippen molar-refractivity contribution in [2.45, 2.75) is 13.0 Å². The summed E-state index contributed by atoms with van der Waals surface area (Å²) in [7, 11) is 1.40. The summed E-state index contributed by atoms with van der Waals surface area (Å²) >= 11 is 0. The van der Waals surface area contributed by atoms with Gasteiger partial charge in [-0.3, -0.25) is 19.7 Å². The molecule has 0 bridgehead atoms. The van der Waals surface area contributed by atoms with Gasteiger partial charge in [0.2, 0.25) is 0 Å². The number of aromatic nitrogens is 2. The molecule has 0 radical (unpaired) electrons. The number of carbonyl (C=O) groups is 2. The van der Waals surface area contributed by atoms with Gasteiger partial charge in [0.15, 0.2) is 11.8 Å². The van der Waals surface area contributed by atoms with E-state index in [1.807, 2.05) is 0 Å². The molecule has 1 amide bonds. The molecular formula is C19H16N4O6. The molecule has 2 aromatic carbocycles. The molecule has 1 atom stereocenters. The van der Waals surface area contributed by atoms with E-state index in [4.69, 9.17) is 4.74 Å². The van der Waals surface area contributed by atoms with E-state index in [0.717, 1.165) is 4.68 Å². The van der Waals surface area contributed by atoms with E-state index < -0.39 is 22.9 Å². The van der Waals surface area contributed by atoms with Gasteiger partial charge in [-0.05, 0) is 19.1 Å². The standard InChI is InChI=1S/C19H16N4O6/c1-11(17(24)20-14-9-5-6-10-15(14)23(27)28)29-19(26)16-12-7-3-4-8-13(12)18(25)22(2)21-16/h3-11H,1-2H3,(H,20,24)/t11-/m0/s1. The zero-order valence-corrected chi connectivity index (χ0v) is 15.5. The van der Waals surface area contributed by atoms with E-state index in [1.54, 1.807) is 24.3 Å². The van der Waals surface area contributed by atoms with E-state index in [2.05, 4.69) is 10.4 Å². The SMILES string of the molecule is C[C@H](OC(=O)c1nn(C)c(=O)c2ccccc12)C(=O)Nc1ccccc1[N+](=O)[O-]. The van der Waals surface area contributed by atoms with Gasteiger partial charge >= 0.3 is 5.97 Å². The summed E-state index contributed by atoms with van der Waals surface area (Å²) in [5.74, 6) is -1.65. The van der Waals surface area contributed by atoms with Crippen LogP contribution in [0.3, 0.4) is 0 Å². The number of hydrogen-bond donors (Lipinski definition) is 1. The highest BCUT2D eigenvalue weighted by Crippen LogP contribution is 2.23. The average Bonchev–Trinajstić information content (AvgIpc) is 2.70. The number of nitro groups is 1. The van der Waals surface area contributed by atoms with Crippen molar-refractivity contribution in [3.63, 3.8) is 0 Å². The number of fused-ring (bicyclic) bond motifs is 1. The number of nitrogens with zero attached hydrogens (tertiary/aromatic N) is 3. The average molecular weight is 396 g/mol. The molecule has 0 aliphatic carbocycles.